The van der Waals surface area contributed by atoms with Crippen LogP contribution in [0.1, 0.15) is 46.1 Å². The lowest BCUT2D eigenvalue weighted by Crippen LogP contribution is -2.40. The van der Waals surface area contributed by atoms with Crippen LogP contribution in [-0.2, 0) is 0 Å². The summed E-state index contributed by atoms with van der Waals surface area (Å²) >= 11 is 0. The van der Waals surface area contributed by atoms with E-state index in [0.717, 1.165) is 35.7 Å². The lowest BCUT2D eigenvalue weighted by Gasteiger charge is -2.35. The van der Waals surface area contributed by atoms with Crippen molar-refractivity contribution in [2.75, 3.05) is 39.8 Å². The van der Waals surface area contributed by atoms with Gasteiger partial charge < -0.3 is 14.5 Å². The molecule has 3 nitrogen and oxygen atoms in total. The summed E-state index contributed by atoms with van der Waals surface area (Å²) in [5.74, 6) is 1.62. The summed E-state index contributed by atoms with van der Waals surface area (Å²) < 4.78 is 6.14. The minimum Gasteiger partial charge on any atom is -0.493 e. The van der Waals surface area contributed by atoms with Gasteiger partial charge in [0, 0.05) is 25.8 Å². The maximum atomic E-state index is 6.14. The fourth-order valence-corrected chi connectivity index (χ4v) is 4.52. The average Bonchev–Trinajstić information content (AvgIpc) is 2.77. The molecule has 0 unspecified atom stereocenters. The second-order valence-corrected chi connectivity index (χ2v) is 11.0. The summed E-state index contributed by atoms with van der Waals surface area (Å²) in [6.07, 6.45) is 2.46. The lowest BCUT2D eigenvalue weighted by molar-refractivity contribution is 0.112. The fraction of sp³-hybridized carbons (Fsp3) is 0.467. The summed E-state index contributed by atoms with van der Waals surface area (Å²) in [4.78, 5) is 4.74. The highest BCUT2D eigenvalue weighted by Gasteiger charge is 2.23. The molecule has 1 saturated heterocycles. The van der Waals surface area contributed by atoms with E-state index in [-0.39, 0.29) is 0 Å². The Morgan fingerprint density at radius 2 is 1.52 bits per heavy atom. The van der Waals surface area contributed by atoms with E-state index in [4.69, 9.17) is 4.74 Å². The van der Waals surface area contributed by atoms with Gasteiger partial charge in [0.25, 0.3) is 0 Å². The predicted molar refractivity (Wildman–Crippen MR) is 142 cm³/mol. The molecule has 3 heteroatoms. The van der Waals surface area contributed by atoms with Gasteiger partial charge in [0.15, 0.2) is 0 Å². The van der Waals surface area contributed by atoms with E-state index in [1.54, 1.807) is 0 Å². The second kappa shape index (κ2) is 11.1. The number of benzene rings is 2. The van der Waals surface area contributed by atoms with Crippen molar-refractivity contribution in [3.05, 3.63) is 72.8 Å². The number of ether oxygens (including phenoxy) is 1. The Morgan fingerprint density at radius 3 is 2.03 bits per heavy atom. The van der Waals surface area contributed by atoms with Crippen LogP contribution in [0.2, 0.25) is 0 Å². The first-order chi connectivity index (χ1) is 15.6. The number of likely N-dealkylation sites (N-methyl/N-ethyl adjacent to an activating group) is 1. The molecule has 1 fully saturated rings. The monoisotopic (exact) mass is 446 g/mol. The van der Waals surface area contributed by atoms with Crippen molar-refractivity contribution in [1.82, 2.24) is 9.80 Å². The van der Waals surface area contributed by atoms with Crippen LogP contribution in [0.4, 0.5) is 0 Å². The molecule has 0 atom stereocenters. The van der Waals surface area contributed by atoms with Gasteiger partial charge in [-0.3, -0.25) is 0 Å². The maximum absolute atomic E-state index is 6.14. The van der Waals surface area contributed by atoms with E-state index in [2.05, 4.69) is 99.3 Å². The molecule has 0 bridgehead atoms. The predicted octanol–water partition coefficient (Wildman–Crippen LogP) is 6.97. The van der Waals surface area contributed by atoms with Gasteiger partial charge in [-0.05, 0) is 73.0 Å². The van der Waals surface area contributed by atoms with Crippen LogP contribution in [0.5, 0.6) is 5.75 Å². The Balaban J connectivity index is 1.49. The molecule has 0 aliphatic carbocycles. The van der Waals surface area contributed by atoms with Crippen molar-refractivity contribution in [2.24, 2.45) is 11.3 Å². The van der Waals surface area contributed by atoms with Crippen LogP contribution in [-0.4, -0.2) is 49.6 Å². The largest absolute Gasteiger partial charge is 0.493 e. The maximum Gasteiger partial charge on any atom is 0.119 e. The van der Waals surface area contributed by atoms with Crippen LogP contribution in [0.25, 0.3) is 16.8 Å². The standard InChI is InChI=1S/C30H42N2O/c1-23(2)20-31(7)24(3)26-8-10-27(11-9-26)28-12-14-29(15-13-28)33-21-25-16-18-32(19-17-25)22-30(4,5)6/h8-15,25H,1,3,16-22H2,2,4-7H3. The molecule has 2 aromatic rings. The second-order valence-electron chi connectivity index (χ2n) is 11.0. The summed E-state index contributed by atoms with van der Waals surface area (Å²) in [7, 11) is 2.05. The highest BCUT2D eigenvalue weighted by atomic mass is 16.5. The van der Waals surface area contributed by atoms with Gasteiger partial charge in [0.1, 0.15) is 5.75 Å². The quantitative estimate of drug-likeness (QED) is 0.387. The van der Waals surface area contributed by atoms with Crippen molar-refractivity contribution in [3.8, 4) is 16.9 Å². The molecule has 1 heterocycles. The summed E-state index contributed by atoms with van der Waals surface area (Å²) in [5, 5.41) is 0. The van der Waals surface area contributed by atoms with E-state index in [1.165, 1.54) is 43.6 Å². The first kappa shape index (κ1) is 25.1. The molecule has 2 aromatic carbocycles. The Hall–Kier alpha value is -2.52. The zero-order chi connectivity index (χ0) is 24.0. The number of hydrogen-bond acceptors (Lipinski definition) is 3. The molecule has 1 aliphatic rings. The summed E-state index contributed by atoms with van der Waals surface area (Å²) in [5.41, 5.74) is 6.05. The van der Waals surface area contributed by atoms with E-state index in [0.29, 0.717) is 11.3 Å². The number of piperidine rings is 1. The number of hydrogen-bond donors (Lipinski definition) is 0. The molecular formula is C30H42N2O. The summed E-state index contributed by atoms with van der Waals surface area (Å²) in [6, 6.07) is 17.1. The Morgan fingerprint density at radius 1 is 0.970 bits per heavy atom. The molecular weight excluding hydrogens is 404 g/mol. The van der Waals surface area contributed by atoms with Gasteiger partial charge >= 0.3 is 0 Å². The minimum absolute atomic E-state index is 0.375. The smallest absolute Gasteiger partial charge is 0.119 e. The average molecular weight is 447 g/mol. The zero-order valence-corrected chi connectivity index (χ0v) is 21.4. The Kier molecular flexibility index (Phi) is 8.42. The molecule has 0 spiro atoms. The van der Waals surface area contributed by atoms with Crippen LogP contribution in [0, 0.1) is 11.3 Å². The molecule has 0 N–H and O–H groups in total. The van der Waals surface area contributed by atoms with Gasteiger partial charge in [-0.2, -0.15) is 0 Å². The highest BCUT2D eigenvalue weighted by Crippen LogP contribution is 2.27. The molecule has 0 amide bonds. The zero-order valence-electron chi connectivity index (χ0n) is 21.4. The third kappa shape index (κ3) is 7.78. The van der Waals surface area contributed by atoms with E-state index >= 15 is 0 Å². The molecule has 178 valence electrons. The van der Waals surface area contributed by atoms with Gasteiger partial charge in [0.05, 0.1) is 6.61 Å². The topological polar surface area (TPSA) is 15.7 Å². The molecule has 33 heavy (non-hydrogen) atoms. The number of nitrogens with zero attached hydrogens (tertiary/aromatic N) is 2. The van der Waals surface area contributed by atoms with Gasteiger partial charge in [-0.25, -0.2) is 0 Å². The van der Waals surface area contributed by atoms with Crippen LogP contribution >= 0.6 is 0 Å². The molecule has 0 saturated carbocycles. The van der Waals surface area contributed by atoms with Crippen LogP contribution < -0.4 is 4.74 Å². The lowest BCUT2D eigenvalue weighted by atomic mass is 9.92. The van der Waals surface area contributed by atoms with Crippen molar-refractivity contribution in [1.29, 1.82) is 0 Å². The van der Waals surface area contributed by atoms with E-state index in [1.807, 2.05) is 6.92 Å². The SMILES string of the molecule is C=C(C)CN(C)C(=C)c1ccc(-c2ccc(OCC3CCN(CC(C)(C)C)CC3)cc2)cc1. The molecule has 1 aliphatic heterocycles. The fourth-order valence-electron chi connectivity index (χ4n) is 4.52. The van der Waals surface area contributed by atoms with Crippen molar-refractivity contribution < 1.29 is 4.74 Å². The molecule has 0 radical (unpaired) electrons. The highest BCUT2D eigenvalue weighted by molar-refractivity contribution is 5.69. The van der Waals surface area contributed by atoms with Crippen molar-refractivity contribution >= 4 is 5.70 Å². The molecule has 3 rings (SSSR count). The van der Waals surface area contributed by atoms with Gasteiger partial charge in [-0.1, -0.05) is 75.9 Å². The van der Waals surface area contributed by atoms with Crippen molar-refractivity contribution in [3.63, 3.8) is 0 Å². The number of likely N-dealkylation sites (tertiary alicyclic amines) is 1. The van der Waals surface area contributed by atoms with E-state index in [9.17, 15) is 0 Å². The first-order valence-electron chi connectivity index (χ1n) is 12.2. The van der Waals surface area contributed by atoms with E-state index < -0.39 is 0 Å². The normalized spacial score (nSPS) is 15.3. The first-order valence-corrected chi connectivity index (χ1v) is 12.2. The van der Waals surface area contributed by atoms with Gasteiger partial charge in [0.2, 0.25) is 0 Å². The minimum atomic E-state index is 0.375. The molecule has 0 aromatic heterocycles. The van der Waals surface area contributed by atoms with Crippen LogP contribution in [0.3, 0.4) is 0 Å². The third-order valence-electron chi connectivity index (χ3n) is 6.26. The van der Waals surface area contributed by atoms with Crippen LogP contribution in [0.15, 0.2) is 67.3 Å². The summed E-state index contributed by atoms with van der Waals surface area (Å²) in [6.45, 7) is 22.4. The number of rotatable bonds is 9. The van der Waals surface area contributed by atoms with Gasteiger partial charge in [-0.15, -0.1) is 0 Å². The Labute approximate surface area is 201 Å². The third-order valence-corrected chi connectivity index (χ3v) is 6.26. The van der Waals surface area contributed by atoms with Crippen molar-refractivity contribution in [2.45, 2.75) is 40.5 Å². The Bertz CT molecular complexity index is 913.